The molecule has 0 amide bonds. The Kier molecular flexibility index (Phi) is 12.5. The quantitative estimate of drug-likeness (QED) is 0.130. The van der Waals surface area contributed by atoms with Crippen LogP contribution in [0.2, 0.25) is 0 Å². The minimum atomic E-state index is -3.78. The van der Waals surface area contributed by atoms with Crippen LogP contribution in [0.3, 0.4) is 0 Å². The molecule has 288 valence electrons. The molecule has 3 aromatic heterocycles. The molecule has 0 atom stereocenters. The van der Waals surface area contributed by atoms with Crippen LogP contribution in [0.4, 0.5) is 0 Å². The second kappa shape index (κ2) is 17.7. The molecule has 0 saturated heterocycles. The molecule has 9 aromatic rings. The van der Waals surface area contributed by atoms with Crippen molar-refractivity contribution in [3.8, 4) is 0 Å². The number of H-pyrrole nitrogens is 1. The molecule has 14 heteroatoms. The molecule has 0 aliphatic heterocycles. The zero-order chi connectivity index (χ0) is 40.5. The number of aldehydes is 1. The maximum atomic E-state index is 12.7. The molecule has 0 fully saturated rings. The molecular weight excluding hydrogens is 802 g/mol. The first-order valence-electron chi connectivity index (χ1n) is 17.2. The van der Waals surface area contributed by atoms with Gasteiger partial charge in [-0.2, -0.15) is 0 Å². The van der Waals surface area contributed by atoms with Crippen LogP contribution in [0.25, 0.3) is 32.7 Å². The van der Waals surface area contributed by atoms with E-state index in [1.165, 1.54) is 39.1 Å². The van der Waals surface area contributed by atoms with Crippen molar-refractivity contribution in [2.24, 2.45) is 0 Å². The van der Waals surface area contributed by atoms with Crippen LogP contribution in [-0.2, 0) is 29.1 Å². The Bertz CT molecular complexity index is 3060. The summed E-state index contributed by atoms with van der Waals surface area (Å²) in [5, 5.41) is 2.91. The summed E-state index contributed by atoms with van der Waals surface area (Å²) in [7, 11) is -5.78. The molecule has 57 heavy (non-hydrogen) atoms. The van der Waals surface area contributed by atoms with Gasteiger partial charge in [-0.05, 0) is 78.2 Å². The SMILES string of the molecule is O=Cc1cc2ccccc2n1S(=O)(=O)c1ccccc1.O=S(=O)(Cl)c1ccccc1.O=S(=O)(c1ccccc1)n1ccc2ccccc21.c1ccc2[nH]ccc2c1. The summed E-state index contributed by atoms with van der Waals surface area (Å²) in [6.45, 7) is 0. The number of aromatic nitrogens is 3. The molecule has 0 unspecified atom stereocenters. The Morgan fingerprint density at radius 2 is 0.947 bits per heavy atom. The Labute approximate surface area is 334 Å². The van der Waals surface area contributed by atoms with Gasteiger partial charge in [-0.15, -0.1) is 0 Å². The van der Waals surface area contributed by atoms with Gasteiger partial charge < -0.3 is 4.98 Å². The Hall–Kier alpha value is -6.25. The van der Waals surface area contributed by atoms with Crippen LogP contribution in [0.15, 0.2) is 209 Å². The fourth-order valence-electron chi connectivity index (χ4n) is 5.75. The first-order valence-corrected chi connectivity index (χ1v) is 22.3. The van der Waals surface area contributed by atoms with E-state index in [9.17, 15) is 30.0 Å². The molecule has 1 N–H and O–H groups in total. The van der Waals surface area contributed by atoms with Crippen LogP contribution < -0.4 is 0 Å². The van der Waals surface area contributed by atoms with E-state index >= 15 is 0 Å². The monoisotopic (exact) mass is 835 g/mol. The highest BCUT2D eigenvalue weighted by Crippen LogP contribution is 2.25. The summed E-state index contributed by atoms with van der Waals surface area (Å²) in [5.74, 6) is 0. The molecule has 10 nitrogen and oxygen atoms in total. The van der Waals surface area contributed by atoms with Crippen LogP contribution in [-0.4, -0.2) is 44.5 Å². The fourth-order valence-corrected chi connectivity index (χ4v) is 9.43. The number of nitrogens with one attached hydrogen (secondary N) is 1. The number of carbonyl (C=O) groups is 1. The number of halogens is 1. The smallest absolute Gasteiger partial charge is 0.268 e. The van der Waals surface area contributed by atoms with E-state index in [2.05, 4.69) is 23.2 Å². The van der Waals surface area contributed by atoms with E-state index in [0.717, 1.165) is 9.36 Å². The van der Waals surface area contributed by atoms with E-state index < -0.39 is 29.1 Å². The number of fused-ring (bicyclic) bond motifs is 3. The minimum Gasteiger partial charge on any atom is -0.361 e. The zero-order valence-corrected chi connectivity index (χ0v) is 33.1. The van der Waals surface area contributed by atoms with E-state index in [-0.39, 0.29) is 15.5 Å². The van der Waals surface area contributed by atoms with Gasteiger partial charge in [0.05, 0.1) is 31.4 Å². The molecule has 6 aromatic carbocycles. The van der Waals surface area contributed by atoms with Gasteiger partial charge in [-0.1, -0.05) is 109 Å². The van der Waals surface area contributed by atoms with Gasteiger partial charge in [0.25, 0.3) is 29.1 Å². The van der Waals surface area contributed by atoms with Crippen LogP contribution >= 0.6 is 10.7 Å². The fraction of sp³-hybridized carbons (Fsp3) is 0. The number of aromatic amines is 1. The summed E-state index contributed by atoms with van der Waals surface area (Å²) in [4.78, 5) is 14.9. The average Bonchev–Trinajstić information content (AvgIpc) is 4.00. The Morgan fingerprint density at radius 3 is 1.49 bits per heavy atom. The van der Waals surface area contributed by atoms with Gasteiger partial charge in [-0.3, -0.25) is 4.79 Å². The predicted molar refractivity (Wildman–Crippen MR) is 225 cm³/mol. The number of nitrogens with zero attached hydrogens (tertiary/aromatic N) is 2. The summed E-state index contributed by atoms with van der Waals surface area (Å²) < 4.78 is 73.9. The maximum Gasteiger partial charge on any atom is 0.268 e. The second-order valence-electron chi connectivity index (χ2n) is 12.1. The van der Waals surface area contributed by atoms with Crippen molar-refractivity contribution in [3.05, 3.63) is 200 Å². The number of hydrogen-bond donors (Lipinski definition) is 1. The second-order valence-corrected chi connectivity index (χ2v) is 18.3. The molecule has 0 aliphatic rings. The van der Waals surface area contributed by atoms with Crippen LogP contribution in [0, 0.1) is 0 Å². The third-order valence-electron chi connectivity index (χ3n) is 8.45. The van der Waals surface area contributed by atoms with Gasteiger partial charge in [0, 0.05) is 39.4 Å². The molecule has 0 spiro atoms. The van der Waals surface area contributed by atoms with Gasteiger partial charge in [0.2, 0.25) is 0 Å². The van der Waals surface area contributed by atoms with E-state index in [1.807, 2.05) is 36.5 Å². The third kappa shape index (κ3) is 9.42. The molecule has 9 rings (SSSR count). The number of benzene rings is 6. The van der Waals surface area contributed by atoms with Gasteiger partial charge in [0.1, 0.15) is 0 Å². The van der Waals surface area contributed by atoms with Crippen molar-refractivity contribution in [3.63, 3.8) is 0 Å². The summed E-state index contributed by atoms with van der Waals surface area (Å²) in [5.41, 5.74) is 2.52. The first kappa shape index (κ1) is 40.4. The van der Waals surface area contributed by atoms with E-state index in [1.54, 1.807) is 115 Å². The van der Waals surface area contributed by atoms with Crippen molar-refractivity contribution in [2.45, 2.75) is 14.7 Å². The largest absolute Gasteiger partial charge is 0.361 e. The lowest BCUT2D eigenvalue weighted by atomic mass is 10.2. The lowest BCUT2D eigenvalue weighted by molar-refractivity contribution is 0.111. The highest BCUT2D eigenvalue weighted by atomic mass is 35.7. The zero-order valence-electron chi connectivity index (χ0n) is 29.9. The highest BCUT2D eigenvalue weighted by molar-refractivity contribution is 8.13. The van der Waals surface area contributed by atoms with E-state index in [0.29, 0.717) is 27.6 Å². The molecule has 3 heterocycles. The summed E-state index contributed by atoms with van der Waals surface area (Å²) in [6, 6.07) is 52.5. The lowest BCUT2D eigenvalue weighted by Gasteiger charge is -2.09. The number of carbonyl (C=O) groups excluding carboxylic acids is 1. The average molecular weight is 836 g/mol. The topological polar surface area (TPSA) is 145 Å². The minimum absolute atomic E-state index is 0.120. The predicted octanol–water partition coefficient (Wildman–Crippen LogP) is 9.35. The Morgan fingerprint density at radius 1 is 0.474 bits per heavy atom. The molecular formula is C43H34ClN3O7S3. The number of para-hydroxylation sites is 3. The number of hydrogen-bond acceptors (Lipinski definition) is 7. The lowest BCUT2D eigenvalue weighted by Crippen LogP contribution is -2.15. The van der Waals surface area contributed by atoms with Crippen molar-refractivity contribution in [1.82, 2.24) is 12.9 Å². The van der Waals surface area contributed by atoms with Crippen LogP contribution in [0.1, 0.15) is 10.5 Å². The van der Waals surface area contributed by atoms with Crippen LogP contribution in [0.5, 0.6) is 0 Å². The molecule has 0 radical (unpaired) electrons. The third-order valence-corrected chi connectivity index (χ3v) is 13.3. The first-order chi connectivity index (χ1) is 27.4. The van der Waals surface area contributed by atoms with Gasteiger partial charge in [-0.25, -0.2) is 33.2 Å². The Balaban J connectivity index is 0.000000135. The summed E-state index contributed by atoms with van der Waals surface area (Å²) >= 11 is 0. The standard InChI is InChI=1S/C15H11NO3S.C14H11NO2S.C8H7N.C6H5ClO2S/c17-11-13-10-12-6-4-5-9-15(12)16(13)20(18,19)14-7-2-1-3-8-14;16-18(17,13-7-2-1-3-8-13)15-11-10-12-6-4-5-9-14(12)15;1-2-4-8-7(3-1)5-6-9-8;7-10(8,9)6-4-2-1-3-5-6/h1-11H;1-11H;1-6,9H;1-5H. The van der Waals surface area contributed by atoms with Crippen molar-refractivity contribution >= 4 is 78.8 Å². The van der Waals surface area contributed by atoms with Gasteiger partial charge in [0.15, 0.2) is 6.29 Å². The van der Waals surface area contributed by atoms with Crippen molar-refractivity contribution < 1.29 is 30.0 Å². The van der Waals surface area contributed by atoms with Crippen molar-refractivity contribution in [2.75, 3.05) is 0 Å². The van der Waals surface area contributed by atoms with Crippen molar-refractivity contribution in [1.29, 1.82) is 0 Å². The normalized spacial score (nSPS) is 11.4. The van der Waals surface area contributed by atoms with Gasteiger partial charge >= 0.3 is 0 Å². The molecule has 0 aliphatic carbocycles. The summed E-state index contributed by atoms with van der Waals surface area (Å²) in [6.07, 6.45) is 4.10. The molecule has 0 bridgehead atoms. The van der Waals surface area contributed by atoms with E-state index in [4.69, 9.17) is 10.7 Å². The highest BCUT2D eigenvalue weighted by Gasteiger charge is 2.22. The number of rotatable bonds is 6. The maximum absolute atomic E-state index is 12.7. The molecule has 0 saturated carbocycles.